The van der Waals surface area contributed by atoms with Crippen molar-refractivity contribution in [2.75, 3.05) is 7.11 Å². The van der Waals surface area contributed by atoms with E-state index in [0.717, 1.165) is 24.5 Å². The Hall–Kier alpha value is -1.51. The predicted octanol–water partition coefficient (Wildman–Crippen LogP) is 4.90. The van der Waals surface area contributed by atoms with Gasteiger partial charge in [-0.25, -0.2) is 0 Å². The van der Waals surface area contributed by atoms with Gasteiger partial charge in [-0.3, -0.25) is 4.79 Å². The van der Waals surface area contributed by atoms with Crippen molar-refractivity contribution < 1.29 is 14.3 Å². The van der Waals surface area contributed by atoms with Crippen LogP contribution in [0.15, 0.2) is 35.8 Å². The largest absolute Gasteiger partial charge is 0.497 e. The van der Waals surface area contributed by atoms with Crippen molar-refractivity contribution >= 4 is 5.97 Å². The summed E-state index contributed by atoms with van der Waals surface area (Å²) in [4.78, 5) is 12.3. The average molecular weight is 304 g/mol. The van der Waals surface area contributed by atoms with Crippen molar-refractivity contribution in [3.63, 3.8) is 0 Å². The van der Waals surface area contributed by atoms with Gasteiger partial charge in [0.05, 0.1) is 13.0 Å². The monoisotopic (exact) mass is 304 g/mol. The number of hydrogen-bond donors (Lipinski definition) is 0. The normalized spacial score (nSPS) is 25.0. The topological polar surface area (TPSA) is 35.5 Å². The van der Waals surface area contributed by atoms with Gasteiger partial charge in [0.2, 0.25) is 0 Å². The van der Waals surface area contributed by atoms with E-state index in [0.29, 0.717) is 12.2 Å². The summed E-state index contributed by atoms with van der Waals surface area (Å²) in [6.45, 7) is 2.24. The van der Waals surface area contributed by atoms with Gasteiger partial charge in [0.1, 0.15) is 11.5 Å². The van der Waals surface area contributed by atoms with E-state index in [-0.39, 0.29) is 11.9 Å². The zero-order chi connectivity index (χ0) is 15.8. The second-order valence-electron chi connectivity index (χ2n) is 6.29. The summed E-state index contributed by atoms with van der Waals surface area (Å²) in [5.41, 5.74) is 0. The van der Waals surface area contributed by atoms with E-state index in [4.69, 9.17) is 9.47 Å². The van der Waals surface area contributed by atoms with Crippen LogP contribution in [-0.4, -0.2) is 13.1 Å². The Bertz CT molecular complexity index is 451. The maximum atomic E-state index is 12.3. The Morgan fingerprint density at radius 3 is 2.68 bits per heavy atom. The van der Waals surface area contributed by atoms with Gasteiger partial charge in [0.25, 0.3) is 0 Å². The van der Waals surface area contributed by atoms with E-state index in [9.17, 15) is 4.79 Å². The minimum absolute atomic E-state index is 0.0529. The molecule has 0 radical (unpaired) electrons. The zero-order valence-electron chi connectivity index (χ0n) is 13.8. The number of rotatable bonds is 6. The highest BCUT2D eigenvalue weighted by Crippen LogP contribution is 2.33. The molecule has 3 nitrogen and oxygen atoms in total. The molecule has 0 bridgehead atoms. The first-order valence-corrected chi connectivity index (χ1v) is 8.56. The van der Waals surface area contributed by atoms with Gasteiger partial charge in [-0.15, -0.1) is 0 Å². The number of allylic oxidation sites excluding steroid dienone is 4. The molecule has 2 aliphatic rings. The molecule has 0 amide bonds. The fraction of sp³-hybridized carbons (Fsp3) is 0.632. The van der Waals surface area contributed by atoms with Crippen LogP contribution in [0.1, 0.15) is 58.3 Å². The van der Waals surface area contributed by atoms with Crippen LogP contribution in [0.5, 0.6) is 0 Å². The molecule has 0 unspecified atom stereocenters. The number of carbonyl (C=O) groups excluding carboxylic acids is 1. The van der Waals surface area contributed by atoms with Crippen LogP contribution < -0.4 is 0 Å². The van der Waals surface area contributed by atoms with Crippen LogP contribution >= 0.6 is 0 Å². The molecule has 0 spiro atoms. The number of methoxy groups -OCH3 is 1. The molecule has 22 heavy (non-hydrogen) atoms. The van der Waals surface area contributed by atoms with Gasteiger partial charge in [-0.2, -0.15) is 0 Å². The molecule has 1 fully saturated rings. The van der Waals surface area contributed by atoms with Gasteiger partial charge in [0.15, 0.2) is 0 Å². The highest BCUT2D eigenvalue weighted by molar-refractivity contribution is 5.73. The maximum absolute atomic E-state index is 12.3. The van der Waals surface area contributed by atoms with Crippen molar-refractivity contribution in [3.05, 3.63) is 35.8 Å². The maximum Gasteiger partial charge on any atom is 0.314 e. The number of ether oxygens (including phenoxy) is 2. The summed E-state index contributed by atoms with van der Waals surface area (Å²) >= 11 is 0. The fourth-order valence-electron chi connectivity index (χ4n) is 3.19. The summed E-state index contributed by atoms with van der Waals surface area (Å²) in [7, 11) is 1.64. The molecular formula is C19H28O3. The highest BCUT2D eigenvalue weighted by Gasteiger charge is 2.27. The van der Waals surface area contributed by atoms with E-state index in [1.165, 1.54) is 32.1 Å². The lowest BCUT2D eigenvalue weighted by Gasteiger charge is -2.27. The summed E-state index contributed by atoms with van der Waals surface area (Å²) in [6.07, 6.45) is 16.4. The average Bonchev–Trinajstić information content (AvgIpc) is 2.78. The number of esters is 1. The van der Waals surface area contributed by atoms with Gasteiger partial charge >= 0.3 is 5.97 Å². The van der Waals surface area contributed by atoms with Crippen LogP contribution in [-0.2, 0) is 14.3 Å². The standard InChI is InChI=1S/C19H28O3/c1-3-4-6-15-9-11-16(12-10-15)19(20)22-18-8-5-7-17(21-2)13-14-18/h5,7,13-16H,3-4,6,8-12H2,1-2H3. The minimum atomic E-state index is -0.0529. The minimum Gasteiger partial charge on any atom is -0.497 e. The summed E-state index contributed by atoms with van der Waals surface area (Å²) in [6, 6.07) is 0. The third kappa shape index (κ3) is 5.04. The van der Waals surface area contributed by atoms with Gasteiger partial charge < -0.3 is 9.47 Å². The lowest BCUT2D eigenvalue weighted by Crippen LogP contribution is -2.23. The molecule has 0 aromatic heterocycles. The second kappa shape index (κ2) is 8.82. The second-order valence-corrected chi connectivity index (χ2v) is 6.29. The third-order valence-corrected chi connectivity index (χ3v) is 4.65. The Morgan fingerprint density at radius 1 is 1.23 bits per heavy atom. The molecule has 0 aliphatic heterocycles. The van der Waals surface area contributed by atoms with Crippen molar-refractivity contribution in [2.24, 2.45) is 11.8 Å². The van der Waals surface area contributed by atoms with Crippen LogP contribution in [0.4, 0.5) is 0 Å². The molecule has 122 valence electrons. The summed E-state index contributed by atoms with van der Waals surface area (Å²) in [5.74, 6) is 2.33. The lowest BCUT2D eigenvalue weighted by molar-refractivity contribution is -0.145. The van der Waals surface area contributed by atoms with E-state index in [2.05, 4.69) is 6.92 Å². The van der Waals surface area contributed by atoms with Crippen molar-refractivity contribution in [3.8, 4) is 0 Å². The first kappa shape index (κ1) is 16.9. The van der Waals surface area contributed by atoms with Crippen LogP contribution in [0.25, 0.3) is 0 Å². The molecule has 0 heterocycles. The Morgan fingerprint density at radius 2 is 2.00 bits per heavy atom. The predicted molar refractivity (Wildman–Crippen MR) is 88.0 cm³/mol. The molecule has 2 aliphatic carbocycles. The third-order valence-electron chi connectivity index (χ3n) is 4.65. The van der Waals surface area contributed by atoms with Crippen molar-refractivity contribution in [1.82, 2.24) is 0 Å². The fourth-order valence-corrected chi connectivity index (χ4v) is 3.19. The number of carbonyl (C=O) groups is 1. The van der Waals surface area contributed by atoms with Crippen molar-refractivity contribution in [1.29, 1.82) is 0 Å². The molecule has 2 rings (SSSR count). The van der Waals surface area contributed by atoms with Gasteiger partial charge in [-0.1, -0.05) is 32.3 Å². The highest BCUT2D eigenvalue weighted by atomic mass is 16.5. The van der Waals surface area contributed by atoms with Crippen molar-refractivity contribution in [2.45, 2.75) is 58.3 Å². The molecule has 3 heteroatoms. The van der Waals surface area contributed by atoms with Gasteiger partial charge in [-0.05, 0) is 49.8 Å². The summed E-state index contributed by atoms with van der Waals surface area (Å²) in [5, 5.41) is 0. The zero-order valence-corrected chi connectivity index (χ0v) is 13.8. The van der Waals surface area contributed by atoms with E-state index in [1.807, 2.05) is 24.3 Å². The van der Waals surface area contributed by atoms with Gasteiger partial charge in [0, 0.05) is 6.42 Å². The molecular weight excluding hydrogens is 276 g/mol. The molecule has 0 saturated heterocycles. The number of hydrogen-bond acceptors (Lipinski definition) is 3. The Balaban J connectivity index is 1.80. The smallest absolute Gasteiger partial charge is 0.314 e. The number of unbranched alkanes of at least 4 members (excludes halogenated alkanes) is 1. The lowest BCUT2D eigenvalue weighted by atomic mass is 9.80. The van der Waals surface area contributed by atoms with E-state index >= 15 is 0 Å². The van der Waals surface area contributed by atoms with Crippen LogP contribution in [0.3, 0.4) is 0 Å². The molecule has 0 atom stereocenters. The Labute approximate surface area is 134 Å². The molecule has 0 aromatic carbocycles. The molecule has 1 saturated carbocycles. The Kier molecular flexibility index (Phi) is 6.75. The van der Waals surface area contributed by atoms with E-state index < -0.39 is 0 Å². The SMILES string of the molecule is CCCCC1CCC(C(=O)OC2=CC=C(OC)C=CC2)CC1. The van der Waals surface area contributed by atoms with Crippen LogP contribution in [0, 0.1) is 11.8 Å². The first-order valence-electron chi connectivity index (χ1n) is 8.56. The molecule has 0 aromatic rings. The van der Waals surface area contributed by atoms with E-state index in [1.54, 1.807) is 7.11 Å². The summed E-state index contributed by atoms with van der Waals surface area (Å²) < 4.78 is 10.8. The molecule has 0 N–H and O–H groups in total. The van der Waals surface area contributed by atoms with Crippen LogP contribution in [0.2, 0.25) is 0 Å². The quantitative estimate of drug-likeness (QED) is 0.655. The first-order chi connectivity index (χ1) is 10.7.